The zero-order chi connectivity index (χ0) is 15.8. The number of hydrogen-bond acceptors (Lipinski definition) is 5. The maximum Gasteiger partial charge on any atom is 0.307 e. The van der Waals surface area contributed by atoms with Crippen molar-refractivity contribution in [3.63, 3.8) is 0 Å². The van der Waals surface area contributed by atoms with Crippen molar-refractivity contribution in [2.45, 2.75) is 18.9 Å². The molecule has 2 aromatic rings. The number of carbonyl (C=O) groups excluding carboxylic acids is 1. The number of halogens is 1. The summed E-state index contributed by atoms with van der Waals surface area (Å²) in [4.78, 5) is 22.2. The van der Waals surface area contributed by atoms with Gasteiger partial charge in [0, 0.05) is 30.4 Å². The van der Waals surface area contributed by atoms with Crippen LogP contribution in [-0.2, 0) is 0 Å². The molecular formula is C16H17FN4O2. The number of nitrogens with zero attached hydrogens (tertiary/aromatic N) is 3. The SMILES string of the molecule is O=C(N[C@H]1CN2CCC1CC2)c1ncc(-c2ccnc(F)c2)o1. The Hall–Kier alpha value is -2.28. The highest BCUT2D eigenvalue weighted by atomic mass is 19.1. The summed E-state index contributed by atoms with van der Waals surface area (Å²) in [6.07, 6.45) is 5.02. The van der Waals surface area contributed by atoms with Gasteiger partial charge in [0.25, 0.3) is 5.89 Å². The van der Waals surface area contributed by atoms with Crippen LogP contribution in [0.5, 0.6) is 0 Å². The average molecular weight is 316 g/mol. The molecule has 2 bridgehead atoms. The number of fused-ring (bicyclic) bond motifs is 3. The average Bonchev–Trinajstić information content (AvgIpc) is 3.06. The first-order valence-electron chi connectivity index (χ1n) is 7.80. The van der Waals surface area contributed by atoms with Crippen molar-refractivity contribution in [2.24, 2.45) is 5.92 Å². The Morgan fingerprint density at radius 3 is 2.87 bits per heavy atom. The number of piperidine rings is 3. The quantitative estimate of drug-likeness (QED) is 0.873. The summed E-state index contributed by atoms with van der Waals surface area (Å²) >= 11 is 0. The van der Waals surface area contributed by atoms with Gasteiger partial charge in [-0.2, -0.15) is 4.39 Å². The number of pyridine rings is 1. The van der Waals surface area contributed by atoms with E-state index in [2.05, 4.69) is 20.2 Å². The van der Waals surface area contributed by atoms with E-state index in [1.54, 1.807) is 6.07 Å². The Morgan fingerprint density at radius 1 is 1.35 bits per heavy atom. The molecule has 0 saturated carbocycles. The molecule has 120 valence electrons. The number of carbonyl (C=O) groups is 1. The highest BCUT2D eigenvalue weighted by molar-refractivity contribution is 5.90. The van der Waals surface area contributed by atoms with E-state index in [9.17, 15) is 9.18 Å². The van der Waals surface area contributed by atoms with Crippen LogP contribution in [0.25, 0.3) is 11.3 Å². The first-order valence-corrected chi connectivity index (χ1v) is 7.80. The third kappa shape index (κ3) is 2.84. The number of rotatable bonds is 3. The van der Waals surface area contributed by atoms with Crippen molar-refractivity contribution in [3.8, 4) is 11.3 Å². The molecule has 3 aliphatic heterocycles. The summed E-state index contributed by atoms with van der Waals surface area (Å²) in [5.41, 5.74) is 0.506. The van der Waals surface area contributed by atoms with Gasteiger partial charge in [0.1, 0.15) is 0 Å². The molecule has 23 heavy (non-hydrogen) atoms. The third-order valence-electron chi connectivity index (χ3n) is 4.68. The van der Waals surface area contributed by atoms with Crippen molar-refractivity contribution in [1.29, 1.82) is 0 Å². The molecule has 0 aromatic carbocycles. The van der Waals surface area contributed by atoms with Crippen LogP contribution in [0.4, 0.5) is 4.39 Å². The predicted octanol–water partition coefficient (Wildman–Crippen LogP) is 1.70. The maximum atomic E-state index is 13.2. The number of amides is 1. The lowest BCUT2D eigenvalue weighted by Gasteiger charge is -2.44. The van der Waals surface area contributed by atoms with Gasteiger partial charge in [0.15, 0.2) is 5.76 Å². The van der Waals surface area contributed by atoms with Crippen LogP contribution >= 0.6 is 0 Å². The summed E-state index contributed by atoms with van der Waals surface area (Å²) in [6.45, 7) is 3.13. The van der Waals surface area contributed by atoms with Gasteiger partial charge in [-0.1, -0.05) is 0 Å². The minimum absolute atomic E-state index is 0.00803. The molecule has 0 aliphatic carbocycles. The zero-order valence-corrected chi connectivity index (χ0v) is 12.5. The summed E-state index contributed by atoms with van der Waals surface area (Å²) in [5, 5.41) is 3.02. The van der Waals surface area contributed by atoms with Gasteiger partial charge in [-0.05, 0) is 37.9 Å². The van der Waals surface area contributed by atoms with Gasteiger partial charge in [-0.25, -0.2) is 9.97 Å². The molecule has 3 fully saturated rings. The Balaban J connectivity index is 1.47. The molecule has 1 amide bonds. The molecule has 1 N–H and O–H groups in total. The Labute approximate surface area is 132 Å². The van der Waals surface area contributed by atoms with Crippen molar-refractivity contribution in [1.82, 2.24) is 20.2 Å². The second-order valence-electron chi connectivity index (χ2n) is 6.11. The molecule has 0 spiro atoms. The van der Waals surface area contributed by atoms with Crippen LogP contribution in [-0.4, -0.2) is 46.5 Å². The number of hydrogen-bond donors (Lipinski definition) is 1. The molecular weight excluding hydrogens is 299 g/mol. The van der Waals surface area contributed by atoms with Crippen LogP contribution in [0, 0.1) is 11.9 Å². The lowest BCUT2D eigenvalue weighted by atomic mass is 9.84. The van der Waals surface area contributed by atoms with Crippen LogP contribution in [0.3, 0.4) is 0 Å². The number of oxazole rings is 1. The monoisotopic (exact) mass is 316 g/mol. The highest BCUT2D eigenvalue weighted by Crippen LogP contribution is 2.28. The molecule has 1 atom stereocenters. The van der Waals surface area contributed by atoms with E-state index in [-0.39, 0.29) is 17.8 Å². The molecule has 5 heterocycles. The smallest absolute Gasteiger partial charge is 0.307 e. The molecule has 3 aliphatic rings. The Bertz CT molecular complexity index is 724. The van der Waals surface area contributed by atoms with Crippen LogP contribution in [0.1, 0.15) is 23.5 Å². The van der Waals surface area contributed by atoms with E-state index >= 15 is 0 Å². The molecule has 2 aromatic heterocycles. The molecule has 0 unspecified atom stereocenters. The predicted molar refractivity (Wildman–Crippen MR) is 80.1 cm³/mol. The van der Waals surface area contributed by atoms with Gasteiger partial charge >= 0.3 is 5.91 Å². The van der Waals surface area contributed by atoms with Crippen LogP contribution in [0.2, 0.25) is 0 Å². The maximum absolute atomic E-state index is 13.2. The lowest BCUT2D eigenvalue weighted by Crippen LogP contribution is -2.57. The molecule has 6 nitrogen and oxygen atoms in total. The second kappa shape index (κ2) is 5.73. The fourth-order valence-electron chi connectivity index (χ4n) is 3.43. The molecule has 0 radical (unpaired) electrons. The fourth-order valence-corrected chi connectivity index (χ4v) is 3.43. The first kappa shape index (κ1) is 14.3. The number of nitrogens with one attached hydrogen (secondary N) is 1. The van der Waals surface area contributed by atoms with Gasteiger partial charge in [-0.3, -0.25) is 4.79 Å². The largest absolute Gasteiger partial charge is 0.432 e. The first-order chi connectivity index (χ1) is 11.2. The van der Waals surface area contributed by atoms with Crippen LogP contribution < -0.4 is 5.32 Å². The molecule has 7 heteroatoms. The van der Waals surface area contributed by atoms with Crippen LogP contribution in [0.15, 0.2) is 28.9 Å². The fraction of sp³-hybridized carbons (Fsp3) is 0.438. The minimum atomic E-state index is -0.600. The van der Waals surface area contributed by atoms with E-state index in [1.807, 2.05) is 0 Å². The third-order valence-corrected chi connectivity index (χ3v) is 4.68. The summed E-state index contributed by atoms with van der Waals surface area (Å²) < 4.78 is 18.6. The van der Waals surface area contributed by atoms with Crippen molar-refractivity contribution in [2.75, 3.05) is 19.6 Å². The van der Waals surface area contributed by atoms with E-state index in [1.165, 1.54) is 18.5 Å². The van der Waals surface area contributed by atoms with Gasteiger partial charge in [-0.15, -0.1) is 0 Å². The standard InChI is InChI=1S/C16H17FN4O2/c17-14-7-11(1-4-18-14)13-8-19-16(23-13)15(22)20-12-9-21-5-2-10(12)3-6-21/h1,4,7-8,10,12H,2-3,5-6,9H2,(H,20,22)/t12-/m0/s1. The topological polar surface area (TPSA) is 71.3 Å². The summed E-state index contributed by atoms with van der Waals surface area (Å²) in [6, 6.07) is 3.01. The van der Waals surface area contributed by atoms with E-state index in [0.29, 0.717) is 17.2 Å². The van der Waals surface area contributed by atoms with Crippen molar-refractivity contribution < 1.29 is 13.6 Å². The number of aromatic nitrogens is 2. The van der Waals surface area contributed by atoms with E-state index in [0.717, 1.165) is 32.5 Å². The second-order valence-corrected chi connectivity index (χ2v) is 6.11. The van der Waals surface area contributed by atoms with Gasteiger partial charge in [0.2, 0.25) is 5.95 Å². The van der Waals surface area contributed by atoms with Gasteiger partial charge in [0.05, 0.1) is 6.20 Å². The lowest BCUT2D eigenvalue weighted by molar-refractivity contribution is 0.0602. The highest BCUT2D eigenvalue weighted by Gasteiger charge is 2.35. The Kier molecular flexibility index (Phi) is 3.57. The normalized spacial score (nSPS) is 26.2. The molecule has 5 rings (SSSR count). The molecule has 3 saturated heterocycles. The zero-order valence-electron chi connectivity index (χ0n) is 12.5. The van der Waals surface area contributed by atoms with E-state index in [4.69, 9.17) is 4.42 Å². The minimum Gasteiger partial charge on any atom is -0.432 e. The van der Waals surface area contributed by atoms with Crippen molar-refractivity contribution >= 4 is 5.91 Å². The van der Waals surface area contributed by atoms with E-state index < -0.39 is 5.95 Å². The van der Waals surface area contributed by atoms with Crippen molar-refractivity contribution in [3.05, 3.63) is 36.4 Å². The summed E-state index contributed by atoms with van der Waals surface area (Å²) in [7, 11) is 0. The Morgan fingerprint density at radius 2 is 2.17 bits per heavy atom. The summed E-state index contributed by atoms with van der Waals surface area (Å²) in [5.74, 6) is -0.0200. The van der Waals surface area contributed by atoms with Gasteiger partial charge < -0.3 is 14.6 Å².